The van der Waals surface area contributed by atoms with Gasteiger partial charge >= 0.3 is 5.97 Å². The third kappa shape index (κ3) is 73.3. The SMILES string of the molecule is CC(C)(C)COCCOCCOCCOCCOCCOCCOCCOCCOCCOCCOCCOCCCC(=O)COCCOCCNC(=O)COCCOCCCC(=O)CC[C@H](NC(=O)CCCCCCCCCCCCCCCCC(=O)C(C)(C)C)C(=O)O. The Kier molecular flexibility index (Phi) is 66.9. The Morgan fingerprint density at radius 1 is 0.305 bits per heavy atom. The van der Waals surface area contributed by atoms with Gasteiger partial charge in [-0.1, -0.05) is 119 Å². The molecule has 0 bridgehead atoms. The molecule has 95 heavy (non-hydrogen) atoms. The van der Waals surface area contributed by atoms with E-state index >= 15 is 0 Å². The van der Waals surface area contributed by atoms with E-state index in [4.69, 9.17) is 75.8 Å². The number of carbonyl (C=O) groups is 6. The molecule has 0 aliphatic heterocycles. The van der Waals surface area contributed by atoms with E-state index < -0.39 is 12.0 Å². The maximum Gasteiger partial charge on any atom is 0.326 e. The number of carbonyl (C=O) groups excluding carboxylic acids is 5. The van der Waals surface area contributed by atoms with Gasteiger partial charge in [0.1, 0.15) is 30.8 Å². The molecular weight excluding hydrogens is 1240 g/mol. The van der Waals surface area contributed by atoms with Gasteiger partial charge in [-0.15, -0.1) is 0 Å². The van der Waals surface area contributed by atoms with Crippen molar-refractivity contribution in [2.45, 2.75) is 189 Å². The van der Waals surface area contributed by atoms with Crippen molar-refractivity contribution in [1.29, 1.82) is 0 Å². The maximum absolute atomic E-state index is 12.4. The lowest BCUT2D eigenvalue weighted by Crippen LogP contribution is -2.41. The first kappa shape index (κ1) is 91.8. The largest absolute Gasteiger partial charge is 0.480 e. The molecule has 0 fully saturated rings. The molecule has 0 aromatic carbocycles. The van der Waals surface area contributed by atoms with Crippen LogP contribution in [0.5, 0.6) is 0 Å². The molecule has 0 aromatic rings. The van der Waals surface area contributed by atoms with E-state index in [1.807, 2.05) is 20.8 Å². The zero-order valence-electron chi connectivity index (χ0n) is 59.9. The quantitative estimate of drug-likeness (QED) is 0.0482. The zero-order chi connectivity index (χ0) is 69.7. The summed E-state index contributed by atoms with van der Waals surface area (Å²) in [4.78, 5) is 72.8. The number of hydrogen-bond acceptors (Lipinski definition) is 22. The number of carboxylic acids is 1. The number of unbranched alkanes of at least 4 members (excludes halogenated alkanes) is 13. The first-order valence-corrected chi connectivity index (χ1v) is 35.6. The van der Waals surface area contributed by atoms with Crippen LogP contribution in [0.25, 0.3) is 0 Å². The highest BCUT2D eigenvalue weighted by atomic mass is 16.6. The van der Waals surface area contributed by atoms with Crippen LogP contribution in [-0.2, 0) is 105 Å². The second kappa shape index (κ2) is 69.3. The smallest absolute Gasteiger partial charge is 0.326 e. The summed E-state index contributed by atoms with van der Waals surface area (Å²) in [6.07, 6.45) is 18.6. The summed E-state index contributed by atoms with van der Waals surface area (Å²) in [5, 5.41) is 14.9. The number of Topliss-reactive ketones (excluding diaryl/α,β-unsaturated/α-hetero) is 3. The lowest BCUT2D eigenvalue weighted by molar-refractivity contribution is -0.142. The van der Waals surface area contributed by atoms with E-state index in [2.05, 4.69) is 31.4 Å². The molecule has 560 valence electrons. The van der Waals surface area contributed by atoms with Gasteiger partial charge in [-0.3, -0.25) is 24.0 Å². The average molecular weight is 1370 g/mol. The summed E-state index contributed by atoms with van der Waals surface area (Å²) in [6, 6.07) is -1.10. The molecule has 0 spiro atoms. The van der Waals surface area contributed by atoms with Gasteiger partial charge in [0.05, 0.1) is 185 Å². The number of ketones is 3. The van der Waals surface area contributed by atoms with Crippen molar-refractivity contribution in [3.63, 3.8) is 0 Å². The first-order valence-electron chi connectivity index (χ1n) is 35.6. The van der Waals surface area contributed by atoms with Gasteiger partial charge in [-0.2, -0.15) is 0 Å². The van der Waals surface area contributed by atoms with Crippen LogP contribution < -0.4 is 10.6 Å². The van der Waals surface area contributed by atoms with Crippen molar-refractivity contribution in [3.8, 4) is 0 Å². The Balaban J connectivity index is 3.43. The van der Waals surface area contributed by atoms with Gasteiger partial charge < -0.3 is 91.5 Å². The van der Waals surface area contributed by atoms with E-state index in [1.165, 1.54) is 51.4 Å². The normalized spacial score (nSPS) is 12.2. The fourth-order valence-corrected chi connectivity index (χ4v) is 8.74. The van der Waals surface area contributed by atoms with Gasteiger partial charge in [0.2, 0.25) is 11.8 Å². The van der Waals surface area contributed by atoms with Crippen molar-refractivity contribution >= 4 is 35.1 Å². The highest BCUT2D eigenvalue weighted by Crippen LogP contribution is 2.20. The standard InChI is InChI=1S/C70H132N2O23/c1-69(2,3)61-95-58-55-92-52-51-91-50-49-90-48-47-89-46-45-88-44-43-87-42-41-86-40-39-85-38-37-84-36-35-83-34-33-80-31-22-24-63(74)59-93-56-54-82-32-29-71-67(77)60-94-57-53-81-30-21-23-62(73)27-28-64(68(78)79)72-66(76)26-20-18-16-14-12-10-8-7-9-11-13-15-17-19-25-65(75)70(4,5)6/h64H,7-61H2,1-6H3,(H,71,77)(H,72,76)(H,78,79)/t64-/m0/s1. The Labute approximate surface area is 571 Å². The second-order valence-electron chi connectivity index (χ2n) is 25.4. The molecule has 0 radical (unpaired) electrons. The predicted octanol–water partition coefficient (Wildman–Crippen LogP) is 8.32. The number of carboxylic acid groups (broad SMARTS) is 1. The molecule has 0 saturated heterocycles. The minimum absolute atomic E-state index is 0.0104. The Hall–Kier alpha value is -3.22. The van der Waals surface area contributed by atoms with Crippen LogP contribution in [0.4, 0.5) is 0 Å². The molecule has 25 heteroatoms. The minimum Gasteiger partial charge on any atom is -0.480 e. The molecule has 25 nitrogen and oxygen atoms in total. The molecule has 0 unspecified atom stereocenters. The van der Waals surface area contributed by atoms with E-state index in [0.29, 0.717) is 203 Å². The zero-order valence-corrected chi connectivity index (χ0v) is 59.9. The molecule has 0 aromatic heterocycles. The van der Waals surface area contributed by atoms with Gasteiger partial charge in [0.25, 0.3) is 0 Å². The van der Waals surface area contributed by atoms with Gasteiger partial charge in [0, 0.05) is 57.3 Å². The average Bonchev–Trinajstić information content (AvgIpc) is 2.15. The third-order valence-corrected chi connectivity index (χ3v) is 14.2. The van der Waals surface area contributed by atoms with Crippen molar-refractivity contribution < 1.29 is 110 Å². The number of nitrogens with one attached hydrogen (secondary N) is 2. The van der Waals surface area contributed by atoms with Crippen molar-refractivity contribution in [2.75, 3.05) is 218 Å². The van der Waals surface area contributed by atoms with Crippen LogP contribution in [0, 0.1) is 10.8 Å². The molecule has 1 atom stereocenters. The van der Waals surface area contributed by atoms with Crippen LogP contribution in [0.2, 0.25) is 0 Å². The van der Waals surface area contributed by atoms with Crippen LogP contribution in [0.15, 0.2) is 0 Å². The van der Waals surface area contributed by atoms with Gasteiger partial charge in [-0.25, -0.2) is 4.79 Å². The molecule has 3 N–H and O–H groups in total. The lowest BCUT2D eigenvalue weighted by atomic mass is 9.88. The summed E-state index contributed by atoms with van der Waals surface area (Å²) < 4.78 is 87.9. The number of ether oxygens (including phenoxy) is 16. The lowest BCUT2D eigenvalue weighted by Gasteiger charge is -2.17. The van der Waals surface area contributed by atoms with Gasteiger partial charge in [-0.05, 0) is 37.5 Å². The second-order valence-corrected chi connectivity index (χ2v) is 25.4. The van der Waals surface area contributed by atoms with E-state index in [-0.39, 0.29) is 113 Å². The highest BCUT2D eigenvalue weighted by molar-refractivity contribution is 5.85. The highest BCUT2D eigenvalue weighted by Gasteiger charge is 2.22. The van der Waals surface area contributed by atoms with Crippen LogP contribution in [-0.4, -0.2) is 264 Å². The van der Waals surface area contributed by atoms with Crippen LogP contribution >= 0.6 is 0 Å². The maximum atomic E-state index is 12.4. The molecule has 0 heterocycles. The monoisotopic (exact) mass is 1370 g/mol. The molecule has 2 amide bonds. The number of amides is 2. The van der Waals surface area contributed by atoms with Crippen molar-refractivity contribution in [3.05, 3.63) is 0 Å². The molecular formula is C70H132N2O23. The number of aliphatic carboxylic acids is 1. The van der Waals surface area contributed by atoms with Crippen molar-refractivity contribution in [1.82, 2.24) is 10.6 Å². The fourth-order valence-electron chi connectivity index (χ4n) is 8.74. The molecule has 0 rings (SSSR count). The third-order valence-electron chi connectivity index (χ3n) is 14.2. The Morgan fingerprint density at radius 2 is 0.611 bits per heavy atom. The molecule has 0 aliphatic carbocycles. The molecule has 0 saturated carbocycles. The van der Waals surface area contributed by atoms with Crippen LogP contribution in [0.3, 0.4) is 0 Å². The first-order chi connectivity index (χ1) is 46.0. The fraction of sp³-hybridized carbons (Fsp3) is 0.914. The summed E-state index contributed by atoms with van der Waals surface area (Å²) in [5.74, 6) is -1.52. The summed E-state index contributed by atoms with van der Waals surface area (Å²) >= 11 is 0. The minimum atomic E-state index is -1.15. The topological polar surface area (TPSA) is 294 Å². The van der Waals surface area contributed by atoms with E-state index in [1.54, 1.807) is 0 Å². The Bertz CT molecular complexity index is 1770. The van der Waals surface area contributed by atoms with Gasteiger partial charge in [0.15, 0.2) is 5.78 Å². The van der Waals surface area contributed by atoms with E-state index in [0.717, 1.165) is 32.1 Å². The van der Waals surface area contributed by atoms with Crippen LogP contribution in [0.1, 0.15) is 183 Å². The summed E-state index contributed by atoms with van der Waals surface area (Å²) in [7, 11) is 0. The number of hydrogen-bond donors (Lipinski definition) is 3. The molecule has 0 aliphatic rings. The summed E-state index contributed by atoms with van der Waals surface area (Å²) in [6.45, 7) is 25.9. The number of rotatable bonds is 77. The van der Waals surface area contributed by atoms with E-state index in [9.17, 15) is 33.9 Å². The predicted molar refractivity (Wildman–Crippen MR) is 361 cm³/mol. The Morgan fingerprint density at radius 3 is 0.968 bits per heavy atom. The van der Waals surface area contributed by atoms with Crippen molar-refractivity contribution in [2.24, 2.45) is 10.8 Å². The summed E-state index contributed by atoms with van der Waals surface area (Å²) in [5.41, 5.74) is -0.0576.